The molecule has 0 spiro atoms. The van der Waals surface area contributed by atoms with E-state index in [2.05, 4.69) is 0 Å². The molecule has 1 atom stereocenters. The fraction of sp³-hybridized carbons (Fsp3) is 0.273. The zero-order valence-corrected chi connectivity index (χ0v) is 16.0. The van der Waals surface area contributed by atoms with Crippen molar-refractivity contribution in [3.8, 4) is 11.5 Å². The number of carbonyl (C=O) groups excluding carboxylic acids is 2. The van der Waals surface area contributed by atoms with Gasteiger partial charge in [-0.15, -0.1) is 0 Å². The number of ketones is 1. The van der Waals surface area contributed by atoms with Crippen LogP contribution < -0.4 is 9.47 Å². The van der Waals surface area contributed by atoms with E-state index in [0.717, 1.165) is 5.56 Å². The van der Waals surface area contributed by atoms with E-state index in [1.165, 1.54) is 12.0 Å². The lowest BCUT2D eigenvalue weighted by atomic mass is 9.95. The van der Waals surface area contributed by atoms with Gasteiger partial charge < -0.3 is 24.2 Å². The summed E-state index contributed by atoms with van der Waals surface area (Å²) >= 11 is 0. The number of fused-ring (bicyclic) bond motifs is 1. The van der Waals surface area contributed by atoms with Crippen molar-refractivity contribution in [2.75, 3.05) is 33.5 Å². The first-order valence-electron chi connectivity index (χ1n) is 9.34. The Labute approximate surface area is 168 Å². The van der Waals surface area contributed by atoms with Crippen LogP contribution in [-0.2, 0) is 14.3 Å². The minimum Gasteiger partial charge on any atom is -0.507 e. The molecule has 1 fully saturated rings. The summed E-state index contributed by atoms with van der Waals surface area (Å²) in [7, 11) is 1.53. The molecule has 0 radical (unpaired) electrons. The Morgan fingerprint density at radius 2 is 1.83 bits per heavy atom. The Morgan fingerprint density at radius 3 is 2.55 bits per heavy atom. The van der Waals surface area contributed by atoms with Crippen molar-refractivity contribution in [3.05, 3.63) is 65.2 Å². The fourth-order valence-electron chi connectivity index (χ4n) is 3.63. The van der Waals surface area contributed by atoms with Gasteiger partial charge in [-0.25, -0.2) is 0 Å². The van der Waals surface area contributed by atoms with Crippen molar-refractivity contribution in [2.24, 2.45) is 0 Å². The lowest BCUT2D eigenvalue weighted by molar-refractivity contribution is -0.140. The van der Waals surface area contributed by atoms with Crippen LogP contribution in [0.25, 0.3) is 5.76 Å². The average molecular weight is 395 g/mol. The third-order valence-electron chi connectivity index (χ3n) is 5.01. The number of ether oxygens (including phenoxy) is 3. The number of nitrogens with zero attached hydrogens (tertiary/aromatic N) is 1. The van der Waals surface area contributed by atoms with Crippen LogP contribution in [0, 0.1) is 0 Å². The molecule has 2 aliphatic heterocycles. The molecule has 7 nitrogen and oxygen atoms in total. The topological polar surface area (TPSA) is 85.3 Å². The van der Waals surface area contributed by atoms with E-state index in [4.69, 9.17) is 14.2 Å². The highest BCUT2D eigenvalue weighted by Gasteiger charge is 2.45. The Morgan fingerprint density at radius 1 is 1.10 bits per heavy atom. The van der Waals surface area contributed by atoms with Crippen LogP contribution in [-0.4, -0.2) is 55.2 Å². The Kier molecular flexibility index (Phi) is 5.22. The van der Waals surface area contributed by atoms with E-state index in [0.29, 0.717) is 30.3 Å². The number of aliphatic hydroxyl groups excluding tert-OH is 1. The van der Waals surface area contributed by atoms with E-state index in [9.17, 15) is 14.7 Å². The van der Waals surface area contributed by atoms with E-state index < -0.39 is 17.7 Å². The van der Waals surface area contributed by atoms with Crippen LogP contribution in [0.5, 0.6) is 11.5 Å². The van der Waals surface area contributed by atoms with Crippen LogP contribution >= 0.6 is 0 Å². The first kappa shape index (κ1) is 19.0. The summed E-state index contributed by atoms with van der Waals surface area (Å²) in [5.74, 6) is -0.551. The van der Waals surface area contributed by atoms with Crippen LogP contribution in [0.4, 0.5) is 0 Å². The molecule has 1 saturated heterocycles. The highest BCUT2D eigenvalue weighted by Crippen LogP contribution is 2.40. The molecule has 2 heterocycles. The van der Waals surface area contributed by atoms with Crippen molar-refractivity contribution in [1.29, 1.82) is 0 Å². The van der Waals surface area contributed by atoms with Gasteiger partial charge in [-0.3, -0.25) is 9.59 Å². The molecule has 0 aromatic heterocycles. The predicted molar refractivity (Wildman–Crippen MR) is 105 cm³/mol. The van der Waals surface area contributed by atoms with Gasteiger partial charge in [0, 0.05) is 19.2 Å². The Bertz CT molecular complexity index is 969. The number of carbonyl (C=O) groups is 2. The van der Waals surface area contributed by atoms with E-state index in [1.807, 2.05) is 30.3 Å². The molecule has 1 amide bonds. The summed E-state index contributed by atoms with van der Waals surface area (Å²) < 4.78 is 16.2. The lowest BCUT2D eigenvalue weighted by Crippen LogP contribution is -2.32. The summed E-state index contributed by atoms with van der Waals surface area (Å²) in [5.41, 5.74) is 1.18. The third-order valence-corrected chi connectivity index (χ3v) is 5.01. The number of hydrogen-bond donors (Lipinski definition) is 1. The molecule has 1 N–H and O–H groups in total. The van der Waals surface area contributed by atoms with E-state index in [-0.39, 0.29) is 24.5 Å². The summed E-state index contributed by atoms with van der Waals surface area (Å²) in [6.07, 6.45) is 0. The minimum atomic E-state index is -0.720. The van der Waals surface area contributed by atoms with Crippen LogP contribution in [0.3, 0.4) is 0 Å². The summed E-state index contributed by atoms with van der Waals surface area (Å²) in [4.78, 5) is 27.0. The molecule has 0 saturated carbocycles. The normalized spacial score (nSPS) is 20.2. The molecular weight excluding hydrogens is 374 g/mol. The maximum atomic E-state index is 12.9. The zero-order chi connectivity index (χ0) is 20.4. The number of aliphatic hydroxyl groups is 1. The second kappa shape index (κ2) is 7.97. The second-order valence-corrected chi connectivity index (χ2v) is 6.75. The number of Topliss-reactive ketones (excluding diaryl/α,β-unsaturated/α-hetero) is 1. The molecule has 29 heavy (non-hydrogen) atoms. The first-order valence-corrected chi connectivity index (χ1v) is 9.34. The fourth-order valence-corrected chi connectivity index (χ4v) is 3.63. The number of benzene rings is 2. The highest BCUT2D eigenvalue weighted by atomic mass is 16.6. The second-order valence-electron chi connectivity index (χ2n) is 6.75. The summed E-state index contributed by atoms with van der Waals surface area (Å²) in [5, 5.41) is 11.0. The number of likely N-dealkylation sites (tertiary alicyclic amines) is 1. The van der Waals surface area contributed by atoms with Crippen molar-refractivity contribution >= 4 is 17.4 Å². The van der Waals surface area contributed by atoms with Gasteiger partial charge in [-0.05, 0) is 23.8 Å². The third kappa shape index (κ3) is 3.45. The molecule has 1 unspecified atom stereocenters. The summed E-state index contributed by atoms with van der Waals surface area (Å²) in [6, 6.07) is 13.4. The molecule has 7 heteroatoms. The average Bonchev–Trinajstić information content (AvgIpc) is 3.02. The monoisotopic (exact) mass is 395 g/mol. The number of methoxy groups -OCH3 is 1. The van der Waals surface area contributed by atoms with Gasteiger partial charge in [0.05, 0.1) is 18.2 Å². The molecule has 2 aromatic carbocycles. The molecule has 0 aliphatic carbocycles. The van der Waals surface area contributed by atoms with Crippen LogP contribution in [0.15, 0.2) is 54.1 Å². The van der Waals surface area contributed by atoms with Crippen molar-refractivity contribution < 1.29 is 28.9 Å². The van der Waals surface area contributed by atoms with Gasteiger partial charge in [0.25, 0.3) is 11.7 Å². The van der Waals surface area contributed by atoms with Gasteiger partial charge in [0.1, 0.15) is 19.0 Å². The number of rotatable bonds is 5. The minimum absolute atomic E-state index is 0.0500. The maximum absolute atomic E-state index is 12.9. The standard InChI is InChI=1S/C22H21NO6/c1-27-10-9-23-19(14-5-3-2-4-6-14)18(21(25)22(23)26)20(24)15-7-8-16-17(13-15)29-12-11-28-16/h2-8,13,19,24H,9-12H2,1H3/b20-18+. The van der Waals surface area contributed by atoms with Gasteiger partial charge in [0.15, 0.2) is 11.5 Å². The number of hydrogen-bond acceptors (Lipinski definition) is 6. The van der Waals surface area contributed by atoms with Crippen molar-refractivity contribution in [1.82, 2.24) is 4.90 Å². The van der Waals surface area contributed by atoms with E-state index >= 15 is 0 Å². The summed E-state index contributed by atoms with van der Waals surface area (Å²) in [6.45, 7) is 1.37. The maximum Gasteiger partial charge on any atom is 0.295 e. The number of amides is 1. The predicted octanol–water partition coefficient (Wildman–Crippen LogP) is 2.53. The quantitative estimate of drug-likeness (QED) is 0.476. The van der Waals surface area contributed by atoms with Crippen LogP contribution in [0.1, 0.15) is 17.2 Å². The molecule has 2 aliphatic rings. The largest absolute Gasteiger partial charge is 0.507 e. The van der Waals surface area contributed by atoms with Gasteiger partial charge in [-0.1, -0.05) is 30.3 Å². The van der Waals surface area contributed by atoms with Gasteiger partial charge >= 0.3 is 0 Å². The molecular formula is C22H21NO6. The molecule has 150 valence electrons. The van der Waals surface area contributed by atoms with Gasteiger partial charge in [0.2, 0.25) is 0 Å². The van der Waals surface area contributed by atoms with Crippen molar-refractivity contribution in [2.45, 2.75) is 6.04 Å². The smallest absolute Gasteiger partial charge is 0.295 e. The molecule has 4 rings (SSSR count). The van der Waals surface area contributed by atoms with E-state index in [1.54, 1.807) is 18.2 Å². The Hall–Kier alpha value is -3.32. The molecule has 0 bridgehead atoms. The first-order chi connectivity index (χ1) is 14.1. The highest BCUT2D eigenvalue weighted by molar-refractivity contribution is 6.46. The van der Waals surface area contributed by atoms with Crippen molar-refractivity contribution in [3.63, 3.8) is 0 Å². The Balaban J connectivity index is 1.82. The lowest BCUT2D eigenvalue weighted by Gasteiger charge is -2.25. The van der Waals surface area contributed by atoms with Gasteiger partial charge in [-0.2, -0.15) is 0 Å². The SMILES string of the molecule is COCCN1C(=O)C(=O)/C(=C(/O)c2ccc3c(c2)OCCO3)C1c1ccccc1. The molecule has 2 aromatic rings. The zero-order valence-electron chi connectivity index (χ0n) is 16.0. The van der Waals surface area contributed by atoms with Crippen LogP contribution in [0.2, 0.25) is 0 Å².